The molecule has 1 aliphatic rings. The standard InChI is InChI=1S/C11H23NO2/c1-4-9(8-13-3)12-10-6-11(7-10)14-5-2/h9-12H,4-8H2,1-3H3. The molecule has 3 nitrogen and oxygen atoms in total. The summed E-state index contributed by atoms with van der Waals surface area (Å²) >= 11 is 0. The lowest BCUT2D eigenvalue weighted by molar-refractivity contribution is -0.0149. The van der Waals surface area contributed by atoms with E-state index in [0.29, 0.717) is 18.2 Å². The van der Waals surface area contributed by atoms with Gasteiger partial charge in [-0.1, -0.05) is 6.92 Å². The van der Waals surface area contributed by atoms with E-state index in [-0.39, 0.29) is 0 Å². The van der Waals surface area contributed by atoms with Crippen LogP contribution < -0.4 is 5.32 Å². The van der Waals surface area contributed by atoms with E-state index in [1.54, 1.807) is 7.11 Å². The molecular weight excluding hydrogens is 178 g/mol. The minimum Gasteiger partial charge on any atom is -0.383 e. The van der Waals surface area contributed by atoms with Crippen LogP contribution in [0.1, 0.15) is 33.1 Å². The fourth-order valence-corrected chi connectivity index (χ4v) is 1.89. The van der Waals surface area contributed by atoms with Gasteiger partial charge in [0.25, 0.3) is 0 Å². The lowest BCUT2D eigenvalue weighted by Gasteiger charge is -2.37. The molecule has 1 aliphatic carbocycles. The Morgan fingerprint density at radius 2 is 2.07 bits per heavy atom. The lowest BCUT2D eigenvalue weighted by Crippen LogP contribution is -2.50. The van der Waals surface area contributed by atoms with E-state index in [4.69, 9.17) is 9.47 Å². The first-order chi connectivity index (χ1) is 6.80. The first kappa shape index (κ1) is 12.0. The van der Waals surface area contributed by atoms with Gasteiger partial charge in [0.15, 0.2) is 0 Å². The molecule has 1 saturated carbocycles. The number of methoxy groups -OCH3 is 1. The van der Waals surface area contributed by atoms with E-state index in [1.807, 2.05) is 0 Å². The summed E-state index contributed by atoms with van der Waals surface area (Å²) in [5.74, 6) is 0. The highest BCUT2D eigenvalue weighted by Crippen LogP contribution is 2.23. The quantitative estimate of drug-likeness (QED) is 0.678. The minimum atomic E-state index is 0.498. The van der Waals surface area contributed by atoms with Crippen molar-refractivity contribution in [1.29, 1.82) is 0 Å². The van der Waals surface area contributed by atoms with Crippen molar-refractivity contribution in [2.45, 2.75) is 51.3 Å². The van der Waals surface area contributed by atoms with Gasteiger partial charge < -0.3 is 14.8 Å². The van der Waals surface area contributed by atoms with Gasteiger partial charge in [-0.05, 0) is 26.2 Å². The second kappa shape index (κ2) is 6.38. The summed E-state index contributed by atoms with van der Waals surface area (Å²) in [5, 5.41) is 3.59. The number of ether oxygens (including phenoxy) is 2. The highest BCUT2D eigenvalue weighted by molar-refractivity contribution is 4.88. The van der Waals surface area contributed by atoms with Crippen molar-refractivity contribution in [3.8, 4) is 0 Å². The Bertz CT molecular complexity index is 146. The zero-order valence-electron chi connectivity index (χ0n) is 9.58. The fraction of sp³-hybridized carbons (Fsp3) is 1.00. The zero-order valence-corrected chi connectivity index (χ0v) is 9.58. The Labute approximate surface area is 87.2 Å². The van der Waals surface area contributed by atoms with Gasteiger partial charge in [0.2, 0.25) is 0 Å². The van der Waals surface area contributed by atoms with Gasteiger partial charge in [-0.25, -0.2) is 0 Å². The maximum atomic E-state index is 5.51. The van der Waals surface area contributed by atoms with E-state index in [0.717, 1.165) is 32.5 Å². The largest absolute Gasteiger partial charge is 0.383 e. The van der Waals surface area contributed by atoms with Crippen molar-refractivity contribution in [3.63, 3.8) is 0 Å². The first-order valence-corrected chi connectivity index (χ1v) is 5.66. The first-order valence-electron chi connectivity index (χ1n) is 5.66. The van der Waals surface area contributed by atoms with Gasteiger partial charge in [-0.2, -0.15) is 0 Å². The SMILES string of the molecule is CCOC1CC(NC(CC)COC)C1. The summed E-state index contributed by atoms with van der Waals surface area (Å²) in [5.41, 5.74) is 0. The van der Waals surface area contributed by atoms with Gasteiger partial charge in [-0.15, -0.1) is 0 Å². The summed E-state index contributed by atoms with van der Waals surface area (Å²) < 4.78 is 10.7. The molecule has 0 aromatic heterocycles. The van der Waals surface area contributed by atoms with Crippen molar-refractivity contribution in [3.05, 3.63) is 0 Å². The molecule has 0 aromatic rings. The third-order valence-corrected chi connectivity index (χ3v) is 2.83. The molecule has 1 N–H and O–H groups in total. The van der Waals surface area contributed by atoms with Crippen molar-refractivity contribution in [1.82, 2.24) is 5.32 Å². The van der Waals surface area contributed by atoms with Gasteiger partial charge in [0, 0.05) is 25.8 Å². The van der Waals surface area contributed by atoms with Crippen LogP contribution in [0.2, 0.25) is 0 Å². The van der Waals surface area contributed by atoms with E-state index < -0.39 is 0 Å². The van der Waals surface area contributed by atoms with Gasteiger partial charge in [-0.3, -0.25) is 0 Å². The van der Waals surface area contributed by atoms with E-state index in [9.17, 15) is 0 Å². The molecule has 0 saturated heterocycles. The van der Waals surface area contributed by atoms with E-state index in [2.05, 4.69) is 19.2 Å². The Hall–Kier alpha value is -0.120. The fourth-order valence-electron chi connectivity index (χ4n) is 1.89. The third kappa shape index (κ3) is 3.56. The molecule has 0 heterocycles. The number of nitrogens with one attached hydrogen (secondary N) is 1. The molecule has 1 rings (SSSR count). The zero-order chi connectivity index (χ0) is 10.4. The summed E-state index contributed by atoms with van der Waals surface area (Å²) in [7, 11) is 1.76. The third-order valence-electron chi connectivity index (χ3n) is 2.83. The number of hydrogen-bond donors (Lipinski definition) is 1. The molecule has 84 valence electrons. The topological polar surface area (TPSA) is 30.5 Å². The maximum Gasteiger partial charge on any atom is 0.0615 e. The average Bonchev–Trinajstić information content (AvgIpc) is 2.13. The minimum absolute atomic E-state index is 0.498. The Kier molecular flexibility index (Phi) is 5.45. The summed E-state index contributed by atoms with van der Waals surface area (Å²) in [4.78, 5) is 0. The Balaban J connectivity index is 2.08. The molecule has 1 atom stereocenters. The molecule has 14 heavy (non-hydrogen) atoms. The van der Waals surface area contributed by atoms with Crippen LogP contribution in [0.5, 0.6) is 0 Å². The van der Waals surface area contributed by atoms with E-state index >= 15 is 0 Å². The van der Waals surface area contributed by atoms with Crippen LogP contribution in [0.3, 0.4) is 0 Å². The lowest BCUT2D eigenvalue weighted by atomic mass is 9.88. The molecule has 0 aromatic carbocycles. The molecule has 0 spiro atoms. The van der Waals surface area contributed by atoms with Crippen molar-refractivity contribution >= 4 is 0 Å². The highest BCUT2D eigenvalue weighted by atomic mass is 16.5. The van der Waals surface area contributed by atoms with Gasteiger partial charge in [0.05, 0.1) is 12.7 Å². The molecule has 0 bridgehead atoms. The Morgan fingerprint density at radius 1 is 1.36 bits per heavy atom. The molecule has 1 fully saturated rings. The van der Waals surface area contributed by atoms with Crippen LogP contribution in [-0.4, -0.2) is 38.5 Å². The highest BCUT2D eigenvalue weighted by Gasteiger charge is 2.30. The van der Waals surface area contributed by atoms with Crippen LogP contribution in [-0.2, 0) is 9.47 Å². The molecule has 0 radical (unpaired) electrons. The van der Waals surface area contributed by atoms with Crippen molar-refractivity contribution in [2.75, 3.05) is 20.3 Å². The summed E-state index contributed by atoms with van der Waals surface area (Å²) in [6.45, 7) is 5.90. The average molecular weight is 201 g/mol. The second-order valence-electron chi connectivity index (χ2n) is 3.97. The predicted molar refractivity (Wildman–Crippen MR) is 57.5 cm³/mol. The smallest absolute Gasteiger partial charge is 0.0615 e. The van der Waals surface area contributed by atoms with Crippen LogP contribution in [0.15, 0.2) is 0 Å². The molecule has 0 amide bonds. The summed E-state index contributed by atoms with van der Waals surface area (Å²) in [6, 6.07) is 1.15. The number of hydrogen-bond acceptors (Lipinski definition) is 3. The molecule has 3 heteroatoms. The van der Waals surface area contributed by atoms with Crippen molar-refractivity contribution < 1.29 is 9.47 Å². The van der Waals surface area contributed by atoms with Crippen LogP contribution >= 0.6 is 0 Å². The van der Waals surface area contributed by atoms with Gasteiger partial charge >= 0.3 is 0 Å². The van der Waals surface area contributed by atoms with Crippen molar-refractivity contribution in [2.24, 2.45) is 0 Å². The summed E-state index contributed by atoms with van der Waals surface area (Å²) in [6.07, 6.45) is 3.95. The van der Waals surface area contributed by atoms with Crippen LogP contribution in [0.4, 0.5) is 0 Å². The monoisotopic (exact) mass is 201 g/mol. The van der Waals surface area contributed by atoms with Crippen LogP contribution in [0.25, 0.3) is 0 Å². The van der Waals surface area contributed by atoms with E-state index in [1.165, 1.54) is 0 Å². The number of rotatable bonds is 7. The normalized spacial score (nSPS) is 28.5. The van der Waals surface area contributed by atoms with Crippen LogP contribution in [0, 0.1) is 0 Å². The molecule has 1 unspecified atom stereocenters. The maximum absolute atomic E-state index is 5.51. The predicted octanol–water partition coefficient (Wildman–Crippen LogP) is 1.57. The molecule has 0 aliphatic heterocycles. The molecular formula is C11H23NO2. The Morgan fingerprint density at radius 3 is 2.57 bits per heavy atom. The van der Waals surface area contributed by atoms with Gasteiger partial charge in [0.1, 0.15) is 0 Å². The second-order valence-corrected chi connectivity index (χ2v) is 3.97.